The Balaban J connectivity index is 1.65. The number of methoxy groups -OCH3 is 1. The van der Waals surface area contributed by atoms with Gasteiger partial charge in [-0.15, -0.1) is 11.8 Å². The maximum atomic E-state index is 12.4. The number of ketones is 1. The summed E-state index contributed by atoms with van der Waals surface area (Å²) in [7, 11) is 1.52. The third-order valence-electron chi connectivity index (χ3n) is 4.32. The Bertz CT molecular complexity index is 1020. The molecule has 3 aromatic rings. The zero-order valence-corrected chi connectivity index (χ0v) is 17.0. The maximum absolute atomic E-state index is 12.4. The van der Waals surface area contributed by atoms with Gasteiger partial charge in [-0.25, -0.2) is 0 Å². The number of carbonyl (C=O) groups excluding carboxylic acids is 2. The van der Waals surface area contributed by atoms with E-state index in [2.05, 4.69) is 5.32 Å². The molecule has 146 valence electrons. The van der Waals surface area contributed by atoms with Crippen molar-refractivity contribution >= 4 is 35.2 Å². The van der Waals surface area contributed by atoms with Crippen LogP contribution in [0.15, 0.2) is 83.8 Å². The Morgan fingerprint density at radius 2 is 1.62 bits per heavy atom. The highest BCUT2D eigenvalue weighted by atomic mass is 32.2. The van der Waals surface area contributed by atoms with Gasteiger partial charge in [0, 0.05) is 16.1 Å². The van der Waals surface area contributed by atoms with Gasteiger partial charge in [-0.2, -0.15) is 0 Å². The topological polar surface area (TPSA) is 55.4 Å². The molecule has 0 fully saturated rings. The molecule has 0 aliphatic carbocycles. The third-order valence-corrected chi connectivity index (χ3v) is 5.07. The molecule has 4 nitrogen and oxygen atoms in total. The molecule has 0 aliphatic heterocycles. The van der Waals surface area contributed by atoms with E-state index in [0.29, 0.717) is 22.6 Å². The zero-order valence-electron chi connectivity index (χ0n) is 16.2. The summed E-state index contributed by atoms with van der Waals surface area (Å²) in [5.74, 6) is 0.143. The number of hydrogen-bond donors (Lipinski definition) is 1. The summed E-state index contributed by atoms with van der Waals surface area (Å²) >= 11 is 1.68. The first-order valence-electron chi connectivity index (χ1n) is 9.01. The van der Waals surface area contributed by atoms with Crippen LogP contribution >= 0.6 is 11.8 Å². The average Bonchev–Trinajstić information content (AvgIpc) is 2.78. The minimum Gasteiger partial charge on any atom is -0.496 e. The monoisotopic (exact) mass is 403 g/mol. The van der Waals surface area contributed by atoms with Gasteiger partial charge in [0.25, 0.3) is 5.91 Å². The fourth-order valence-corrected chi connectivity index (χ4v) is 3.14. The molecule has 1 amide bonds. The second-order valence-electron chi connectivity index (χ2n) is 6.20. The van der Waals surface area contributed by atoms with Gasteiger partial charge in [0.05, 0.1) is 12.7 Å². The number of ether oxygens (including phenoxy) is 1. The van der Waals surface area contributed by atoms with Gasteiger partial charge in [-0.3, -0.25) is 9.59 Å². The van der Waals surface area contributed by atoms with Gasteiger partial charge in [0.15, 0.2) is 5.78 Å². The summed E-state index contributed by atoms with van der Waals surface area (Å²) in [5, 5.41) is 2.82. The zero-order chi connectivity index (χ0) is 20.6. The maximum Gasteiger partial charge on any atom is 0.259 e. The second kappa shape index (κ2) is 9.75. The van der Waals surface area contributed by atoms with Crippen LogP contribution < -0.4 is 10.1 Å². The van der Waals surface area contributed by atoms with Crippen LogP contribution in [0, 0.1) is 0 Å². The van der Waals surface area contributed by atoms with E-state index in [0.717, 1.165) is 5.56 Å². The largest absolute Gasteiger partial charge is 0.496 e. The van der Waals surface area contributed by atoms with Crippen molar-refractivity contribution in [3.8, 4) is 5.75 Å². The van der Waals surface area contributed by atoms with Crippen LogP contribution in [0.25, 0.3) is 6.08 Å². The second-order valence-corrected chi connectivity index (χ2v) is 7.08. The lowest BCUT2D eigenvalue weighted by Crippen LogP contribution is -2.13. The van der Waals surface area contributed by atoms with Gasteiger partial charge in [0.1, 0.15) is 5.75 Å². The normalized spacial score (nSPS) is 10.7. The van der Waals surface area contributed by atoms with Crippen LogP contribution in [0.1, 0.15) is 26.3 Å². The number of anilines is 1. The lowest BCUT2D eigenvalue weighted by atomic mass is 10.1. The summed E-state index contributed by atoms with van der Waals surface area (Å²) in [4.78, 5) is 26.0. The molecule has 0 atom stereocenters. The SMILES string of the molecule is COc1ccccc1C(=O)Nc1ccc(C(=O)C=Cc2ccc(SC)cc2)cc1. The number of benzene rings is 3. The molecule has 0 saturated heterocycles. The number of hydrogen-bond acceptors (Lipinski definition) is 4. The smallest absolute Gasteiger partial charge is 0.259 e. The first-order valence-corrected chi connectivity index (χ1v) is 10.2. The Morgan fingerprint density at radius 3 is 2.28 bits per heavy atom. The van der Waals surface area contributed by atoms with Crippen molar-refractivity contribution in [2.45, 2.75) is 4.90 Å². The highest BCUT2D eigenvalue weighted by Crippen LogP contribution is 2.20. The van der Waals surface area contributed by atoms with Gasteiger partial charge in [-0.1, -0.05) is 30.3 Å². The molecule has 3 aromatic carbocycles. The van der Waals surface area contributed by atoms with Gasteiger partial charge >= 0.3 is 0 Å². The molecule has 3 rings (SSSR count). The molecule has 0 aromatic heterocycles. The minimum atomic E-state index is -0.268. The van der Waals surface area contributed by atoms with Crippen molar-refractivity contribution in [2.75, 3.05) is 18.7 Å². The van der Waals surface area contributed by atoms with Gasteiger partial charge in [-0.05, 0) is 66.4 Å². The van der Waals surface area contributed by atoms with Crippen molar-refractivity contribution in [3.05, 3.63) is 95.6 Å². The number of carbonyl (C=O) groups is 2. The van der Waals surface area contributed by atoms with E-state index in [9.17, 15) is 9.59 Å². The van der Waals surface area contributed by atoms with Gasteiger partial charge < -0.3 is 10.1 Å². The molecule has 0 spiro atoms. The highest BCUT2D eigenvalue weighted by molar-refractivity contribution is 7.98. The molecule has 5 heteroatoms. The van der Waals surface area contributed by atoms with E-state index < -0.39 is 0 Å². The predicted molar refractivity (Wildman–Crippen MR) is 119 cm³/mol. The molecule has 0 saturated carbocycles. The van der Waals surface area contributed by atoms with E-state index in [1.54, 1.807) is 72.4 Å². The number of rotatable bonds is 7. The van der Waals surface area contributed by atoms with Crippen molar-refractivity contribution in [1.82, 2.24) is 0 Å². The fourth-order valence-electron chi connectivity index (χ4n) is 2.73. The quantitative estimate of drug-likeness (QED) is 0.318. The van der Waals surface area contributed by atoms with E-state index in [4.69, 9.17) is 4.74 Å². The number of thioether (sulfide) groups is 1. The molecule has 0 radical (unpaired) electrons. The van der Waals surface area contributed by atoms with E-state index >= 15 is 0 Å². The summed E-state index contributed by atoms with van der Waals surface area (Å²) in [5.41, 5.74) is 2.58. The van der Waals surface area contributed by atoms with Crippen molar-refractivity contribution in [2.24, 2.45) is 0 Å². The first kappa shape index (κ1) is 20.4. The number of nitrogens with one attached hydrogen (secondary N) is 1. The summed E-state index contributed by atoms with van der Waals surface area (Å²) < 4.78 is 5.22. The Kier molecular flexibility index (Phi) is 6.87. The molecule has 1 N–H and O–H groups in total. The van der Waals surface area contributed by atoms with Gasteiger partial charge in [0.2, 0.25) is 0 Å². The molecule has 0 unspecified atom stereocenters. The lowest BCUT2D eigenvalue weighted by molar-refractivity contribution is 0.102. The van der Waals surface area contributed by atoms with E-state index in [-0.39, 0.29) is 11.7 Å². The van der Waals surface area contributed by atoms with Crippen LogP contribution in [0.3, 0.4) is 0 Å². The molecule has 0 aliphatic rings. The minimum absolute atomic E-state index is 0.0958. The van der Waals surface area contributed by atoms with E-state index in [1.807, 2.05) is 30.5 Å². The molecule has 29 heavy (non-hydrogen) atoms. The average molecular weight is 404 g/mol. The van der Waals surface area contributed by atoms with E-state index in [1.165, 1.54) is 12.0 Å². The van der Waals surface area contributed by atoms with Crippen molar-refractivity contribution in [1.29, 1.82) is 0 Å². The van der Waals surface area contributed by atoms with Crippen LogP contribution in [0.2, 0.25) is 0 Å². The number of amides is 1. The summed E-state index contributed by atoms with van der Waals surface area (Å²) in [6, 6.07) is 21.8. The Labute approximate surface area is 174 Å². The molecule has 0 bridgehead atoms. The Hall–Kier alpha value is -3.31. The lowest BCUT2D eigenvalue weighted by Gasteiger charge is -2.09. The standard InChI is InChI=1S/C24H21NO3S/c1-28-23-6-4-3-5-21(23)24(27)25-19-12-10-18(11-13-19)22(26)16-9-17-7-14-20(29-2)15-8-17/h3-16H,1-2H3,(H,25,27). The summed E-state index contributed by atoms with van der Waals surface area (Å²) in [6.07, 6.45) is 5.37. The summed E-state index contributed by atoms with van der Waals surface area (Å²) in [6.45, 7) is 0. The van der Waals surface area contributed by atoms with Crippen LogP contribution in [-0.2, 0) is 0 Å². The number of allylic oxidation sites excluding steroid dienone is 1. The molecular formula is C24H21NO3S. The molecule has 0 heterocycles. The van der Waals surface area contributed by atoms with Crippen LogP contribution in [-0.4, -0.2) is 25.1 Å². The fraction of sp³-hybridized carbons (Fsp3) is 0.0833. The highest BCUT2D eigenvalue weighted by Gasteiger charge is 2.12. The third kappa shape index (κ3) is 5.36. The van der Waals surface area contributed by atoms with Crippen LogP contribution in [0.5, 0.6) is 5.75 Å². The first-order chi connectivity index (χ1) is 14.1. The Morgan fingerprint density at radius 1 is 0.931 bits per heavy atom. The van der Waals surface area contributed by atoms with Crippen molar-refractivity contribution < 1.29 is 14.3 Å². The number of para-hydroxylation sites is 1. The van der Waals surface area contributed by atoms with Crippen molar-refractivity contribution in [3.63, 3.8) is 0 Å². The van der Waals surface area contributed by atoms with Crippen LogP contribution in [0.4, 0.5) is 5.69 Å². The molecular weight excluding hydrogens is 382 g/mol. The predicted octanol–water partition coefficient (Wildman–Crippen LogP) is 5.57.